The zero-order valence-corrected chi connectivity index (χ0v) is 19.8. The predicted octanol–water partition coefficient (Wildman–Crippen LogP) is 2.89. The molecule has 31 heavy (non-hydrogen) atoms. The van der Waals surface area contributed by atoms with E-state index in [1.165, 1.54) is 4.31 Å². The number of hydrogen-bond donors (Lipinski definition) is 0. The first kappa shape index (κ1) is 21.9. The Kier molecular flexibility index (Phi) is 5.89. The summed E-state index contributed by atoms with van der Waals surface area (Å²) in [6.45, 7) is 4.58. The van der Waals surface area contributed by atoms with Crippen LogP contribution in [0.15, 0.2) is 23.6 Å². The standard InChI is InChI=1S/C21H27N5O3S2/c1-5-31(28,29)25(4)15-8-10-26(11-9-15)21(27)16-13-17(18-7-6-12-30-18)22-20-19(16)14(2)23-24(20)3/h6-7,12-13,15H,5,8-11H2,1-4H3. The highest BCUT2D eigenvalue weighted by Crippen LogP contribution is 2.30. The van der Waals surface area contributed by atoms with Gasteiger partial charge in [0.25, 0.3) is 5.91 Å². The number of fused-ring (bicyclic) bond motifs is 1. The molecule has 0 saturated carbocycles. The molecule has 0 atom stereocenters. The molecule has 0 radical (unpaired) electrons. The van der Waals surface area contributed by atoms with Crippen molar-refractivity contribution in [3.05, 3.63) is 34.8 Å². The lowest BCUT2D eigenvalue weighted by Gasteiger charge is -2.36. The first-order valence-electron chi connectivity index (χ1n) is 10.4. The van der Waals surface area contributed by atoms with Gasteiger partial charge in [-0.05, 0) is 44.2 Å². The summed E-state index contributed by atoms with van der Waals surface area (Å²) in [5.41, 5.74) is 2.83. The summed E-state index contributed by atoms with van der Waals surface area (Å²) in [4.78, 5) is 21.1. The summed E-state index contributed by atoms with van der Waals surface area (Å²) in [5, 5.41) is 7.25. The smallest absolute Gasteiger partial charge is 0.254 e. The van der Waals surface area contributed by atoms with Crippen molar-refractivity contribution in [2.24, 2.45) is 7.05 Å². The predicted molar refractivity (Wildman–Crippen MR) is 123 cm³/mol. The average molecular weight is 462 g/mol. The molecule has 166 valence electrons. The molecule has 4 heterocycles. The number of pyridine rings is 1. The zero-order chi connectivity index (χ0) is 22.3. The van der Waals surface area contributed by atoms with Crippen molar-refractivity contribution in [2.45, 2.75) is 32.7 Å². The van der Waals surface area contributed by atoms with Gasteiger partial charge >= 0.3 is 0 Å². The minimum absolute atomic E-state index is 0.0549. The average Bonchev–Trinajstić information content (AvgIpc) is 3.41. The number of thiophene rings is 1. The van der Waals surface area contributed by atoms with Crippen molar-refractivity contribution in [1.82, 2.24) is 24.0 Å². The number of aromatic nitrogens is 3. The molecule has 1 aliphatic heterocycles. The van der Waals surface area contributed by atoms with Crippen LogP contribution in [0.5, 0.6) is 0 Å². The zero-order valence-electron chi connectivity index (χ0n) is 18.2. The molecule has 0 spiro atoms. The van der Waals surface area contributed by atoms with E-state index in [1.807, 2.05) is 42.5 Å². The molecule has 0 N–H and O–H groups in total. The van der Waals surface area contributed by atoms with Crippen LogP contribution in [0.25, 0.3) is 21.6 Å². The van der Waals surface area contributed by atoms with Gasteiger partial charge in [-0.3, -0.25) is 9.48 Å². The van der Waals surface area contributed by atoms with Crippen LogP contribution >= 0.6 is 11.3 Å². The van der Waals surface area contributed by atoms with Gasteiger partial charge in [-0.25, -0.2) is 17.7 Å². The molecule has 0 aliphatic carbocycles. The lowest BCUT2D eigenvalue weighted by atomic mass is 10.0. The minimum atomic E-state index is -3.24. The van der Waals surface area contributed by atoms with Crippen LogP contribution in [0, 0.1) is 6.92 Å². The van der Waals surface area contributed by atoms with Crippen molar-refractivity contribution in [1.29, 1.82) is 0 Å². The Hall–Kier alpha value is -2.30. The topological polar surface area (TPSA) is 88.4 Å². The fraction of sp³-hybridized carbons (Fsp3) is 0.476. The van der Waals surface area contributed by atoms with E-state index in [4.69, 9.17) is 4.98 Å². The van der Waals surface area contributed by atoms with Gasteiger partial charge in [0.1, 0.15) is 0 Å². The normalized spacial score (nSPS) is 15.8. The minimum Gasteiger partial charge on any atom is -0.339 e. The Bertz CT molecular complexity index is 1210. The highest BCUT2D eigenvalue weighted by molar-refractivity contribution is 7.89. The van der Waals surface area contributed by atoms with E-state index in [-0.39, 0.29) is 17.7 Å². The third kappa shape index (κ3) is 3.99. The summed E-state index contributed by atoms with van der Waals surface area (Å²) in [6, 6.07) is 5.75. The van der Waals surface area contributed by atoms with Crippen molar-refractivity contribution >= 4 is 38.3 Å². The molecule has 1 saturated heterocycles. The van der Waals surface area contributed by atoms with Crippen LogP contribution in [-0.4, -0.2) is 70.2 Å². The number of likely N-dealkylation sites (tertiary alicyclic amines) is 1. The fourth-order valence-corrected chi connectivity index (χ4v) is 5.96. The molecule has 1 aliphatic rings. The molecular weight excluding hydrogens is 434 g/mol. The summed E-state index contributed by atoms with van der Waals surface area (Å²) in [6.07, 6.45) is 1.25. The molecule has 8 nitrogen and oxygen atoms in total. The number of rotatable bonds is 5. The largest absolute Gasteiger partial charge is 0.339 e. The Balaban J connectivity index is 1.64. The summed E-state index contributed by atoms with van der Waals surface area (Å²) >= 11 is 1.58. The van der Waals surface area contributed by atoms with E-state index in [0.717, 1.165) is 21.7 Å². The van der Waals surface area contributed by atoms with Gasteiger partial charge in [0.05, 0.1) is 33.0 Å². The molecule has 4 rings (SSSR count). The first-order valence-corrected chi connectivity index (χ1v) is 12.8. The van der Waals surface area contributed by atoms with Gasteiger partial charge in [0.15, 0.2) is 5.65 Å². The van der Waals surface area contributed by atoms with Crippen LogP contribution in [0.3, 0.4) is 0 Å². The van der Waals surface area contributed by atoms with Crippen molar-refractivity contribution in [2.75, 3.05) is 25.9 Å². The van der Waals surface area contributed by atoms with E-state index in [9.17, 15) is 13.2 Å². The molecule has 10 heteroatoms. The van der Waals surface area contributed by atoms with Crippen LogP contribution in [0.1, 0.15) is 35.8 Å². The summed E-state index contributed by atoms with van der Waals surface area (Å²) in [7, 11) is 0.238. The Morgan fingerprint density at radius 1 is 1.32 bits per heavy atom. The van der Waals surface area contributed by atoms with Crippen LogP contribution in [0.4, 0.5) is 0 Å². The molecule has 3 aromatic rings. The van der Waals surface area contributed by atoms with Gasteiger partial charge in [-0.2, -0.15) is 5.10 Å². The van der Waals surface area contributed by atoms with Crippen molar-refractivity contribution in [3.63, 3.8) is 0 Å². The van der Waals surface area contributed by atoms with Gasteiger partial charge in [0.2, 0.25) is 10.0 Å². The number of amides is 1. The van der Waals surface area contributed by atoms with Crippen LogP contribution in [0.2, 0.25) is 0 Å². The molecule has 0 aromatic carbocycles. The molecule has 1 fully saturated rings. The second-order valence-corrected chi connectivity index (χ2v) is 11.1. The Labute approximate surface area is 186 Å². The van der Waals surface area contributed by atoms with Gasteiger partial charge in [-0.1, -0.05) is 6.07 Å². The highest BCUT2D eigenvalue weighted by atomic mass is 32.2. The van der Waals surface area contributed by atoms with E-state index < -0.39 is 10.0 Å². The number of hydrogen-bond acceptors (Lipinski definition) is 6. The first-order chi connectivity index (χ1) is 14.7. The third-order valence-electron chi connectivity index (χ3n) is 6.04. The maximum Gasteiger partial charge on any atom is 0.254 e. The fourth-order valence-electron chi connectivity index (χ4n) is 4.20. The van der Waals surface area contributed by atoms with Gasteiger partial charge in [-0.15, -0.1) is 11.3 Å². The monoisotopic (exact) mass is 461 g/mol. The second kappa shape index (κ2) is 8.33. The Morgan fingerprint density at radius 3 is 2.65 bits per heavy atom. The number of nitrogens with zero attached hydrogens (tertiary/aromatic N) is 5. The van der Waals surface area contributed by atoms with E-state index >= 15 is 0 Å². The van der Waals surface area contributed by atoms with E-state index in [1.54, 1.807) is 30.0 Å². The van der Waals surface area contributed by atoms with Crippen molar-refractivity contribution in [3.8, 4) is 10.6 Å². The lowest BCUT2D eigenvalue weighted by molar-refractivity contribution is 0.0688. The number of carbonyl (C=O) groups is 1. The maximum absolute atomic E-state index is 13.6. The third-order valence-corrected chi connectivity index (χ3v) is 8.84. The molecular formula is C21H27N5O3S2. The number of aryl methyl sites for hydroxylation is 2. The number of piperidine rings is 1. The molecule has 0 unspecified atom stereocenters. The van der Waals surface area contributed by atoms with Crippen LogP contribution < -0.4 is 0 Å². The SMILES string of the molecule is CCS(=O)(=O)N(C)C1CCN(C(=O)c2cc(-c3cccs3)nc3c2c(C)nn3C)CC1. The number of carbonyl (C=O) groups excluding carboxylic acids is 1. The summed E-state index contributed by atoms with van der Waals surface area (Å²) in [5.74, 6) is 0.0319. The van der Waals surface area contributed by atoms with E-state index in [2.05, 4.69) is 5.10 Å². The van der Waals surface area contributed by atoms with Gasteiger partial charge in [0, 0.05) is 33.2 Å². The molecule has 0 bridgehead atoms. The molecule has 1 amide bonds. The Morgan fingerprint density at radius 2 is 2.03 bits per heavy atom. The van der Waals surface area contributed by atoms with Crippen molar-refractivity contribution < 1.29 is 13.2 Å². The summed E-state index contributed by atoms with van der Waals surface area (Å²) < 4.78 is 27.6. The molecule has 3 aromatic heterocycles. The maximum atomic E-state index is 13.6. The second-order valence-electron chi connectivity index (χ2n) is 7.88. The lowest BCUT2D eigenvalue weighted by Crippen LogP contribution is -2.47. The van der Waals surface area contributed by atoms with E-state index in [0.29, 0.717) is 37.1 Å². The number of sulfonamides is 1. The highest BCUT2D eigenvalue weighted by Gasteiger charge is 2.31. The van der Waals surface area contributed by atoms with Gasteiger partial charge < -0.3 is 4.90 Å². The quantitative estimate of drug-likeness (QED) is 0.583. The van der Waals surface area contributed by atoms with Crippen LogP contribution in [-0.2, 0) is 17.1 Å².